The highest BCUT2D eigenvalue weighted by atomic mass is 32.2. The van der Waals surface area contributed by atoms with Crippen molar-refractivity contribution in [2.75, 3.05) is 13.1 Å². The maximum absolute atomic E-state index is 2.57. The van der Waals surface area contributed by atoms with Crippen LogP contribution in [0.5, 0.6) is 0 Å². The lowest BCUT2D eigenvalue weighted by atomic mass is 10.1. The molecule has 1 nitrogen and oxygen atoms in total. The molecule has 1 radical (unpaired) electrons. The van der Waals surface area contributed by atoms with Gasteiger partial charge in [0, 0.05) is 17.2 Å². The molecule has 0 atom stereocenters. The quantitative estimate of drug-likeness (QED) is 0.726. The zero-order valence-corrected chi connectivity index (χ0v) is 10.8. The summed E-state index contributed by atoms with van der Waals surface area (Å²) in [5.41, 5.74) is 1.45. The Hall–Kier alpha value is -0.470. The molecule has 1 aliphatic rings. The van der Waals surface area contributed by atoms with E-state index in [0.29, 0.717) is 0 Å². The van der Waals surface area contributed by atoms with E-state index < -0.39 is 0 Å². The fraction of sp³-hybridized carbons (Fsp3) is 0.500. The number of rotatable bonds is 4. The minimum atomic E-state index is 1.12. The van der Waals surface area contributed by atoms with Crippen LogP contribution in [-0.4, -0.2) is 18.0 Å². The highest BCUT2D eigenvalue weighted by molar-refractivity contribution is 8.01. The minimum Gasteiger partial charge on any atom is -0.299 e. The van der Waals surface area contributed by atoms with Crippen LogP contribution >= 0.6 is 11.8 Å². The van der Waals surface area contributed by atoms with E-state index in [1.165, 1.54) is 42.8 Å². The van der Waals surface area contributed by atoms with Gasteiger partial charge in [-0.2, -0.15) is 0 Å². The van der Waals surface area contributed by atoms with E-state index in [4.69, 9.17) is 0 Å². The lowest BCUT2D eigenvalue weighted by molar-refractivity contribution is 0.221. The van der Waals surface area contributed by atoms with Gasteiger partial charge in [0.1, 0.15) is 0 Å². The first-order chi connectivity index (χ1) is 7.88. The van der Waals surface area contributed by atoms with Crippen molar-refractivity contribution in [3.05, 3.63) is 35.6 Å². The van der Waals surface area contributed by atoms with Gasteiger partial charge in [0.2, 0.25) is 0 Å². The van der Waals surface area contributed by atoms with E-state index in [-0.39, 0.29) is 0 Å². The van der Waals surface area contributed by atoms with Crippen molar-refractivity contribution in [1.29, 1.82) is 0 Å². The number of nitrogens with zero attached hydrogens (tertiary/aromatic N) is 1. The van der Waals surface area contributed by atoms with Crippen molar-refractivity contribution in [3.63, 3.8) is 0 Å². The molecule has 0 bridgehead atoms. The van der Waals surface area contributed by atoms with E-state index in [2.05, 4.69) is 41.8 Å². The largest absolute Gasteiger partial charge is 0.299 e. The molecule has 0 aromatic heterocycles. The molecule has 1 aromatic carbocycles. The Kier molecular flexibility index (Phi) is 4.73. The summed E-state index contributed by atoms with van der Waals surface area (Å²) in [6.07, 6.45) is 4.16. The second-order valence-corrected chi connectivity index (χ2v) is 5.52. The molecule has 0 saturated carbocycles. The summed E-state index contributed by atoms with van der Waals surface area (Å²) >= 11 is 1.81. The van der Waals surface area contributed by atoms with Crippen LogP contribution in [0.15, 0.2) is 29.2 Å². The lowest BCUT2D eigenvalue weighted by Crippen LogP contribution is -2.29. The average molecular weight is 234 g/mol. The summed E-state index contributed by atoms with van der Waals surface area (Å²) in [6, 6.07) is 8.92. The summed E-state index contributed by atoms with van der Waals surface area (Å²) in [4.78, 5) is 3.93. The molecular formula is C14H20NS. The van der Waals surface area contributed by atoms with Crippen molar-refractivity contribution in [1.82, 2.24) is 4.90 Å². The third kappa shape index (κ3) is 3.53. The predicted molar refractivity (Wildman–Crippen MR) is 71.4 cm³/mol. The third-order valence-corrected chi connectivity index (χ3v) is 3.77. The molecule has 1 fully saturated rings. The van der Waals surface area contributed by atoms with E-state index in [9.17, 15) is 0 Å². The van der Waals surface area contributed by atoms with Crippen molar-refractivity contribution >= 4 is 11.8 Å². The molecule has 2 heteroatoms. The fourth-order valence-electron chi connectivity index (χ4n) is 2.23. The Morgan fingerprint density at radius 1 is 1.25 bits per heavy atom. The Balaban J connectivity index is 1.94. The molecule has 0 unspecified atom stereocenters. The van der Waals surface area contributed by atoms with Gasteiger partial charge in [0.25, 0.3) is 0 Å². The van der Waals surface area contributed by atoms with Gasteiger partial charge in [-0.15, -0.1) is 11.8 Å². The van der Waals surface area contributed by atoms with Crippen molar-refractivity contribution in [3.8, 4) is 0 Å². The summed E-state index contributed by atoms with van der Waals surface area (Å²) < 4.78 is 0. The van der Waals surface area contributed by atoms with E-state index in [0.717, 1.165) is 6.54 Å². The van der Waals surface area contributed by atoms with Gasteiger partial charge in [0.05, 0.1) is 0 Å². The number of thioether (sulfide) groups is 1. The van der Waals surface area contributed by atoms with Crippen LogP contribution in [-0.2, 0) is 6.54 Å². The first-order valence-electron chi connectivity index (χ1n) is 6.14. The molecule has 1 saturated heterocycles. The number of benzene rings is 1. The average Bonchev–Trinajstić information content (AvgIpc) is 2.31. The molecule has 1 aliphatic heterocycles. The van der Waals surface area contributed by atoms with Crippen molar-refractivity contribution in [2.45, 2.75) is 37.6 Å². The SMILES string of the molecule is C[CH]Sc1cccc(CN2CCCCC2)c1. The van der Waals surface area contributed by atoms with E-state index >= 15 is 0 Å². The fourth-order valence-corrected chi connectivity index (χ4v) is 2.88. The number of likely N-dealkylation sites (tertiary alicyclic amines) is 1. The monoisotopic (exact) mass is 234 g/mol. The summed E-state index contributed by atoms with van der Waals surface area (Å²) in [6.45, 7) is 5.76. The molecule has 1 heterocycles. The summed E-state index contributed by atoms with van der Waals surface area (Å²) in [7, 11) is 0. The van der Waals surface area contributed by atoms with Crippen LogP contribution in [0.25, 0.3) is 0 Å². The lowest BCUT2D eigenvalue weighted by Gasteiger charge is -2.26. The molecule has 0 N–H and O–H groups in total. The molecule has 87 valence electrons. The highest BCUT2D eigenvalue weighted by Crippen LogP contribution is 2.22. The van der Waals surface area contributed by atoms with Gasteiger partial charge in [-0.25, -0.2) is 0 Å². The predicted octanol–water partition coefficient (Wildman–Crippen LogP) is 3.95. The van der Waals surface area contributed by atoms with Gasteiger partial charge in [0.15, 0.2) is 0 Å². The zero-order valence-electron chi connectivity index (χ0n) is 9.98. The second kappa shape index (κ2) is 6.31. The van der Waals surface area contributed by atoms with Crippen LogP contribution in [0.2, 0.25) is 0 Å². The normalized spacial score (nSPS) is 17.6. The first kappa shape index (κ1) is 12.0. The molecule has 2 rings (SSSR count). The smallest absolute Gasteiger partial charge is 0.0234 e. The van der Waals surface area contributed by atoms with Gasteiger partial charge < -0.3 is 0 Å². The minimum absolute atomic E-state index is 1.12. The number of piperidine rings is 1. The van der Waals surface area contributed by atoms with Crippen LogP contribution in [0.4, 0.5) is 0 Å². The topological polar surface area (TPSA) is 3.24 Å². The molecular weight excluding hydrogens is 214 g/mol. The molecule has 0 spiro atoms. The Bertz CT molecular complexity index is 318. The molecule has 1 aromatic rings. The van der Waals surface area contributed by atoms with Gasteiger partial charge in [-0.1, -0.05) is 25.5 Å². The second-order valence-electron chi connectivity index (χ2n) is 4.34. The van der Waals surface area contributed by atoms with Gasteiger partial charge in [-0.05, 0) is 43.6 Å². The van der Waals surface area contributed by atoms with Crippen LogP contribution in [0.3, 0.4) is 0 Å². The number of hydrogen-bond donors (Lipinski definition) is 0. The van der Waals surface area contributed by atoms with E-state index in [1.807, 2.05) is 11.8 Å². The van der Waals surface area contributed by atoms with Crippen LogP contribution in [0, 0.1) is 5.75 Å². The Morgan fingerprint density at radius 3 is 2.81 bits per heavy atom. The Labute approximate surface area is 103 Å². The Morgan fingerprint density at radius 2 is 2.06 bits per heavy atom. The van der Waals surface area contributed by atoms with Crippen molar-refractivity contribution in [2.24, 2.45) is 0 Å². The van der Waals surface area contributed by atoms with E-state index in [1.54, 1.807) is 0 Å². The van der Waals surface area contributed by atoms with Crippen molar-refractivity contribution < 1.29 is 0 Å². The summed E-state index contributed by atoms with van der Waals surface area (Å²) in [5, 5.41) is 0. The molecule has 0 amide bonds. The zero-order chi connectivity index (χ0) is 11.2. The molecule has 0 aliphatic carbocycles. The van der Waals surface area contributed by atoms with Gasteiger partial charge in [-0.3, -0.25) is 4.90 Å². The van der Waals surface area contributed by atoms with Gasteiger partial charge >= 0.3 is 0 Å². The maximum Gasteiger partial charge on any atom is 0.0234 e. The summed E-state index contributed by atoms with van der Waals surface area (Å²) in [5.74, 6) is 2.14. The highest BCUT2D eigenvalue weighted by Gasteiger charge is 2.10. The molecule has 16 heavy (non-hydrogen) atoms. The van der Waals surface area contributed by atoms with Crippen LogP contribution in [0.1, 0.15) is 31.7 Å². The first-order valence-corrected chi connectivity index (χ1v) is 7.02. The standard InChI is InChI=1S/C14H20NS/c1-2-16-14-8-6-7-13(11-14)12-15-9-4-3-5-10-15/h2,6-8,11H,3-5,9-10,12H2,1H3. The maximum atomic E-state index is 2.57. The third-order valence-electron chi connectivity index (χ3n) is 3.01. The number of hydrogen-bond acceptors (Lipinski definition) is 2. The van der Waals surface area contributed by atoms with Crippen LogP contribution < -0.4 is 0 Å².